The molecule has 1 aliphatic heterocycles. The minimum atomic E-state index is -0.682. The van der Waals surface area contributed by atoms with E-state index in [1.807, 2.05) is 0 Å². The van der Waals surface area contributed by atoms with Crippen molar-refractivity contribution >= 4 is 11.6 Å². The summed E-state index contributed by atoms with van der Waals surface area (Å²) in [6, 6.07) is 2.89. The molecule has 3 unspecified atom stereocenters. The number of nitro groups is 1. The third kappa shape index (κ3) is 2.37. The number of carbonyl (C=O) groups excluding carboxylic acids is 1. The third-order valence-corrected chi connectivity index (χ3v) is 4.49. The van der Waals surface area contributed by atoms with E-state index in [1.54, 1.807) is 0 Å². The van der Waals surface area contributed by atoms with Crippen molar-refractivity contribution < 1.29 is 19.2 Å². The van der Waals surface area contributed by atoms with Gasteiger partial charge in [0.1, 0.15) is 11.4 Å². The molecular formula is C14H15FN2O4. The second-order valence-corrected chi connectivity index (χ2v) is 5.70. The van der Waals surface area contributed by atoms with E-state index in [0.29, 0.717) is 13.1 Å². The zero-order valence-electron chi connectivity index (χ0n) is 11.2. The number of likely N-dealkylation sites (tertiary alicyclic amines) is 1. The topological polar surface area (TPSA) is 83.7 Å². The first-order valence-corrected chi connectivity index (χ1v) is 6.88. The Hall–Kier alpha value is -2.02. The van der Waals surface area contributed by atoms with Gasteiger partial charge in [0.25, 0.3) is 11.6 Å². The van der Waals surface area contributed by atoms with Crippen molar-refractivity contribution in [3.63, 3.8) is 0 Å². The molecule has 2 aliphatic rings. The van der Waals surface area contributed by atoms with E-state index >= 15 is 0 Å². The molecule has 21 heavy (non-hydrogen) atoms. The van der Waals surface area contributed by atoms with Gasteiger partial charge in [0.05, 0.1) is 11.0 Å². The number of rotatable bonds is 2. The van der Waals surface area contributed by atoms with Gasteiger partial charge >= 0.3 is 0 Å². The van der Waals surface area contributed by atoms with Gasteiger partial charge in [-0.2, -0.15) is 0 Å². The maximum absolute atomic E-state index is 13.3. The van der Waals surface area contributed by atoms with Crippen LogP contribution in [0, 0.1) is 27.8 Å². The lowest BCUT2D eigenvalue weighted by molar-refractivity contribution is -0.385. The summed E-state index contributed by atoms with van der Waals surface area (Å²) in [6.45, 7) is 0.840. The average molecular weight is 294 g/mol. The lowest BCUT2D eigenvalue weighted by atomic mass is 10.00. The second kappa shape index (κ2) is 5.07. The molecule has 1 amide bonds. The number of hydrogen-bond donors (Lipinski definition) is 1. The Bertz CT molecular complexity index is 607. The average Bonchev–Trinajstić information content (AvgIpc) is 3.00. The largest absolute Gasteiger partial charge is 0.393 e. The fraction of sp³-hybridized carbons (Fsp3) is 0.500. The molecule has 0 bridgehead atoms. The van der Waals surface area contributed by atoms with Crippen LogP contribution in [0.5, 0.6) is 0 Å². The molecule has 3 atom stereocenters. The molecule has 1 heterocycles. The van der Waals surface area contributed by atoms with Crippen LogP contribution >= 0.6 is 0 Å². The fourth-order valence-corrected chi connectivity index (χ4v) is 3.41. The van der Waals surface area contributed by atoms with Crippen LogP contribution < -0.4 is 0 Å². The van der Waals surface area contributed by atoms with E-state index in [1.165, 1.54) is 4.90 Å². The van der Waals surface area contributed by atoms with Crippen LogP contribution in [0.4, 0.5) is 10.1 Å². The molecule has 1 saturated carbocycles. The maximum atomic E-state index is 13.3. The predicted octanol–water partition coefficient (Wildman–Crippen LogP) is 1.58. The maximum Gasteiger partial charge on any atom is 0.282 e. The van der Waals surface area contributed by atoms with E-state index in [9.17, 15) is 24.4 Å². The first kappa shape index (κ1) is 13.9. The highest BCUT2D eigenvalue weighted by atomic mass is 19.1. The second-order valence-electron chi connectivity index (χ2n) is 5.70. The van der Waals surface area contributed by atoms with Gasteiger partial charge in [-0.1, -0.05) is 0 Å². The van der Waals surface area contributed by atoms with E-state index in [4.69, 9.17) is 0 Å². The van der Waals surface area contributed by atoms with Crippen molar-refractivity contribution in [2.75, 3.05) is 13.1 Å². The number of hydrogen-bond acceptors (Lipinski definition) is 4. The Morgan fingerprint density at radius 1 is 1.38 bits per heavy atom. The Morgan fingerprint density at radius 2 is 2.14 bits per heavy atom. The molecule has 0 aromatic heterocycles. The fourth-order valence-electron chi connectivity index (χ4n) is 3.41. The first-order chi connectivity index (χ1) is 9.97. The summed E-state index contributed by atoms with van der Waals surface area (Å²) < 4.78 is 13.3. The number of carbonyl (C=O) groups is 1. The van der Waals surface area contributed by atoms with Crippen LogP contribution in [-0.2, 0) is 0 Å². The van der Waals surface area contributed by atoms with Crippen molar-refractivity contribution in [2.24, 2.45) is 11.8 Å². The molecule has 7 heteroatoms. The van der Waals surface area contributed by atoms with Crippen molar-refractivity contribution in [1.82, 2.24) is 4.90 Å². The first-order valence-electron chi connectivity index (χ1n) is 6.88. The highest BCUT2D eigenvalue weighted by Gasteiger charge is 2.44. The zero-order valence-corrected chi connectivity index (χ0v) is 11.2. The molecule has 1 saturated heterocycles. The number of aliphatic hydroxyl groups is 1. The van der Waals surface area contributed by atoms with Gasteiger partial charge in [0, 0.05) is 25.1 Å². The van der Waals surface area contributed by atoms with Crippen molar-refractivity contribution in [2.45, 2.75) is 18.9 Å². The van der Waals surface area contributed by atoms with E-state index < -0.39 is 22.8 Å². The van der Waals surface area contributed by atoms with Gasteiger partial charge < -0.3 is 10.0 Å². The monoisotopic (exact) mass is 294 g/mol. The minimum Gasteiger partial charge on any atom is -0.393 e. The molecule has 1 aliphatic carbocycles. The zero-order chi connectivity index (χ0) is 15.1. The molecule has 2 fully saturated rings. The van der Waals surface area contributed by atoms with Crippen LogP contribution in [-0.4, -0.2) is 40.0 Å². The van der Waals surface area contributed by atoms with Crippen LogP contribution in [0.1, 0.15) is 23.2 Å². The Labute approximate surface area is 120 Å². The third-order valence-electron chi connectivity index (χ3n) is 4.49. The number of benzene rings is 1. The van der Waals surface area contributed by atoms with E-state index in [0.717, 1.165) is 31.0 Å². The van der Waals surface area contributed by atoms with Crippen LogP contribution in [0.2, 0.25) is 0 Å². The van der Waals surface area contributed by atoms with Crippen LogP contribution in [0.25, 0.3) is 0 Å². The number of fused-ring (bicyclic) bond motifs is 1. The number of nitro benzene ring substituents is 1. The summed E-state index contributed by atoms with van der Waals surface area (Å²) >= 11 is 0. The van der Waals surface area contributed by atoms with Crippen LogP contribution in [0.15, 0.2) is 18.2 Å². The highest BCUT2D eigenvalue weighted by Crippen LogP contribution is 2.39. The molecule has 1 N–H and O–H groups in total. The molecule has 1 aromatic rings. The van der Waals surface area contributed by atoms with Crippen molar-refractivity contribution in [1.29, 1.82) is 0 Å². The summed E-state index contributed by atoms with van der Waals surface area (Å²) in [5, 5.41) is 20.8. The number of nitrogens with zero attached hydrogens (tertiary/aromatic N) is 2. The standard InChI is InChI=1S/C14H15FN2O4/c15-9-2-3-12(17(20)21)10(5-9)14(19)16-6-8-1-4-13(18)11(8)7-16/h2-3,5,8,11,13,18H,1,4,6-7H2. The molecule has 112 valence electrons. The molecule has 1 aromatic carbocycles. The lowest BCUT2D eigenvalue weighted by Crippen LogP contribution is -2.31. The summed E-state index contributed by atoms with van der Waals surface area (Å²) in [7, 11) is 0. The summed E-state index contributed by atoms with van der Waals surface area (Å²) in [4.78, 5) is 24.2. The van der Waals surface area contributed by atoms with E-state index in [-0.39, 0.29) is 23.1 Å². The van der Waals surface area contributed by atoms with Gasteiger partial charge in [0.2, 0.25) is 0 Å². The Morgan fingerprint density at radius 3 is 2.81 bits per heavy atom. The van der Waals surface area contributed by atoms with Gasteiger partial charge in [0.15, 0.2) is 0 Å². The van der Waals surface area contributed by atoms with Crippen molar-refractivity contribution in [3.05, 3.63) is 39.7 Å². The lowest BCUT2D eigenvalue weighted by Gasteiger charge is -2.18. The van der Waals surface area contributed by atoms with Crippen molar-refractivity contribution in [3.8, 4) is 0 Å². The summed E-state index contributed by atoms with van der Waals surface area (Å²) in [5.41, 5.74) is -0.617. The number of aliphatic hydroxyl groups excluding tert-OH is 1. The normalized spacial score (nSPS) is 27.7. The summed E-state index contributed by atoms with van der Waals surface area (Å²) in [6.07, 6.45) is 1.16. The molecule has 0 spiro atoms. The molecular weight excluding hydrogens is 279 g/mol. The smallest absolute Gasteiger partial charge is 0.282 e. The predicted molar refractivity (Wildman–Crippen MR) is 71.2 cm³/mol. The van der Waals surface area contributed by atoms with Gasteiger partial charge in [-0.25, -0.2) is 4.39 Å². The van der Waals surface area contributed by atoms with Gasteiger partial charge in [-0.05, 0) is 30.9 Å². The number of amides is 1. The SMILES string of the molecule is O=C(c1cc(F)ccc1[N+](=O)[O-])N1CC2CCC(O)C2C1. The Balaban J connectivity index is 1.86. The molecule has 0 radical (unpaired) electrons. The highest BCUT2D eigenvalue weighted by molar-refractivity contribution is 5.98. The molecule has 3 rings (SSSR count). The van der Waals surface area contributed by atoms with Crippen LogP contribution in [0.3, 0.4) is 0 Å². The summed E-state index contributed by atoms with van der Waals surface area (Å²) in [5.74, 6) is -0.954. The quantitative estimate of drug-likeness (QED) is 0.663. The minimum absolute atomic E-state index is 0.0292. The molecule has 6 nitrogen and oxygen atoms in total. The van der Waals surface area contributed by atoms with E-state index in [2.05, 4.69) is 0 Å². The number of halogens is 1. The Kier molecular flexibility index (Phi) is 3.36. The van der Waals surface area contributed by atoms with Gasteiger partial charge in [-0.15, -0.1) is 0 Å². The van der Waals surface area contributed by atoms with Gasteiger partial charge in [-0.3, -0.25) is 14.9 Å².